The number of primary amides is 1. The van der Waals surface area contributed by atoms with Gasteiger partial charge in [0.05, 0.1) is 5.02 Å². The summed E-state index contributed by atoms with van der Waals surface area (Å²) in [5, 5.41) is 12.9. The van der Waals surface area contributed by atoms with E-state index < -0.39 is 6.03 Å². The van der Waals surface area contributed by atoms with Crippen LogP contribution in [-0.4, -0.2) is 70.7 Å². The van der Waals surface area contributed by atoms with Crippen LogP contribution in [-0.2, 0) is 13.1 Å². The maximum atomic E-state index is 11.0. The fraction of sp³-hybridized carbons (Fsp3) is 0.538. The first-order chi connectivity index (χ1) is 16.8. The van der Waals surface area contributed by atoms with E-state index in [9.17, 15) is 9.90 Å². The van der Waals surface area contributed by atoms with Gasteiger partial charge >= 0.3 is 6.03 Å². The normalized spacial score (nSPS) is 20.2. The second-order valence-electron chi connectivity index (χ2n) is 9.73. The zero-order chi connectivity index (χ0) is 24.9. The van der Waals surface area contributed by atoms with E-state index in [-0.39, 0.29) is 0 Å². The van der Waals surface area contributed by atoms with E-state index in [1.807, 2.05) is 18.2 Å². The van der Waals surface area contributed by atoms with Gasteiger partial charge in [0.25, 0.3) is 0 Å². The molecule has 2 amide bonds. The molecule has 2 aromatic rings. The Hall–Kier alpha value is -2.55. The Kier molecular flexibility index (Phi) is 8.36. The highest BCUT2D eigenvalue weighted by atomic mass is 35.5. The van der Waals surface area contributed by atoms with E-state index >= 15 is 0 Å². The van der Waals surface area contributed by atoms with Crippen molar-refractivity contribution in [2.24, 2.45) is 5.73 Å². The smallest absolute Gasteiger partial charge is 0.312 e. The highest BCUT2D eigenvalue weighted by Gasteiger charge is 2.34. The number of aromatic hydroxyl groups is 1. The topological polar surface area (TPSA) is 98.0 Å². The van der Waals surface area contributed by atoms with Crippen molar-refractivity contribution in [1.29, 1.82) is 0 Å². The maximum absolute atomic E-state index is 11.0. The van der Waals surface area contributed by atoms with Crippen molar-refractivity contribution in [3.8, 4) is 5.75 Å². The van der Waals surface area contributed by atoms with Gasteiger partial charge < -0.3 is 21.1 Å². The second kappa shape index (κ2) is 11.5. The predicted molar refractivity (Wildman–Crippen MR) is 140 cm³/mol. The minimum absolute atomic E-state index is 0.318. The molecule has 35 heavy (non-hydrogen) atoms. The Balaban J connectivity index is 1.32. The van der Waals surface area contributed by atoms with Gasteiger partial charge in [-0.25, -0.2) is 9.78 Å². The summed E-state index contributed by atoms with van der Waals surface area (Å²) >= 11 is 6.58. The number of aromatic nitrogens is 1. The summed E-state index contributed by atoms with van der Waals surface area (Å²) in [4.78, 5) is 23.1. The number of carbonyl (C=O) groups excluding carboxylic acids is 1. The highest BCUT2D eigenvalue weighted by Crippen LogP contribution is 2.30. The van der Waals surface area contributed by atoms with Crippen LogP contribution in [0.15, 0.2) is 30.5 Å². The molecule has 2 aliphatic rings. The quantitative estimate of drug-likeness (QED) is 0.538. The van der Waals surface area contributed by atoms with Crippen LogP contribution in [0.2, 0.25) is 5.02 Å². The van der Waals surface area contributed by atoms with Crippen LogP contribution in [0.3, 0.4) is 0 Å². The molecule has 0 bridgehead atoms. The molecule has 2 aliphatic heterocycles. The number of hydrogen-bond donors (Lipinski definition) is 3. The summed E-state index contributed by atoms with van der Waals surface area (Å²) < 4.78 is 0. The van der Waals surface area contributed by atoms with E-state index in [1.54, 1.807) is 12.3 Å². The number of nitrogens with one attached hydrogen (secondary N) is 1. The number of benzene rings is 1. The van der Waals surface area contributed by atoms with Crippen molar-refractivity contribution in [2.75, 3.05) is 37.6 Å². The van der Waals surface area contributed by atoms with E-state index in [0.717, 1.165) is 62.6 Å². The lowest BCUT2D eigenvalue weighted by Gasteiger charge is -2.47. The highest BCUT2D eigenvalue weighted by molar-refractivity contribution is 6.33. The fourth-order valence-corrected chi connectivity index (χ4v) is 5.71. The number of phenolic OH excluding ortho intramolecular Hbond substituents is 1. The molecule has 1 aromatic heterocycles. The molecule has 0 radical (unpaired) electrons. The molecule has 2 fully saturated rings. The van der Waals surface area contributed by atoms with Crippen LogP contribution in [0.1, 0.15) is 42.9 Å². The number of piperidine rings is 1. The molecule has 0 aliphatic carbocycles. The van der Waals surface area contributed by atoms with Gasteiger partial charge in [-0.2, -0.15) is 0 Å². The number of hydrogen-bond acceptors (Lipinski definition) is 6. The number of aryl methyl sites for hydroxylation is 1. The van der Waals surface area contributed by atoms with Crippen molar-refractivity contribution < 1.29 is 9.90 Å². The predicted octanol–water partition coefficient (Wildman–Crippen LogP) is 3.48. The first kappa shape index (κ1) is 25.5. The standard InChI is InChI=1S/C26H37ClN6O2/c1-3-21-17-32(25-24(27)13-19(14-29-25)15-30-26(28)35)10-11-33(21)22-6-8-31(9-7-22)16-20-4-5-23(34)12-18(20)2/h4-5,12-14,21-22,34H,3,6-11,15-17H2,1-2H3,(H3,28,30,35). The number of pyridine rings is 1. The van der Waals surface area contributed by atoms with E-state index in [1.165, 1.54) is 18.4 Å². The molecule has 1 atom stereocenters. The van der Waals surface area contributed by atoms with Crippen LogP contribution >= 0.6 is 11.6 Å². The summed E-state index contributed by atoms with van der Waals surface area (Å²) in [7, 11) is 0. The first-order valence-corrected chi connectivity index (χ1v) is 12.9. The first-order valence-electron chi connectivity index (χ1n) is 12.5. The third kappa shape index (κ3) is 6.37. The second-order valence-corrected chi connectivity index (χ2v) is 10.1. The molecule has 1 aromatic carbocycles. The van der Waals surface area contributed by atoms with Crippen LogP contribution in [0.4, 0.5) is 10.6 Å². The van der Waals surface area contributed by atoms with Gasteiger partial charge in [-0.05, 0) is 74.2 Å². The number of urea groups is 1. The molecular weight excluding hydrogens is 464 g/mol. The number of amides is 2. The number of rotatable bonds is 7. The molecule has 190 valence electrons. The fourth-order valence-electron chi connectivity index (χ4n) is 5.40. The molecule has 8 nitrogen and oxygen atoms in total. The number of piperazine rings is 1. The van der Waals surface area contributed by atoms with Crippen molar-refractivity contribution in [2.45, 2.75) is 58.3 Å². The molecule has 2 saturated heterocycles. The number of phenols is 1. The van der Waals surface area contributed by atoms with E-state index in [0.29, 0.717) is 29.4 Å². The Bertz CT molecular complexity index is 1030. The minimum Gasteiger partial charge on any atom is -0.508 e. The average molecular weight is 501 g/mol. The van der Waals surface area contributed by atoms with Crippen LogP contribution < -0.4 is 16.0 Å². The summed E-state index contributed by atoms with van der Waals surface area (Å²) in [6.45, 7) is 10.6. The monoisotopic (exact) mass is 500 g/mol. The van der Waals surface area contributed by atoms with Crippen LogP contribution in [0.25, 0.3) is 0 Å². The molecule has 4 rings (SSSR count). The lowest BCUT2D eigenvalue weighted by molar-refractivity contribution is 0.0610. The lowest BCUT2D eigenvalue weighted by Crippen LogP contribution is -2.58. The molecule has 0 spiro atoms. The average Bonchev–Trinajstić information content (AvgIpc) is 2.84. The van der Waals surface area contributed by atoms with Gasteiger partial charge in [0.2, 0.25) is 0 Å². The van der Waals surface area contributed by atoms with Crippen molar-refractivity contribution in [3.05, 3.63) is 52.2 Å². The number of carbonyl (C=O) groups is 1. The Morgan fingerprint density at radius 1 is 1.23 bits per heavy atom. The lowest BCUT2D eigenvalue weighted by atomic mass is 9.97. The van der Waals surface area contributed by atoms with Gasteiger partial charge in [-0.3, -0.25) is 9.80 Å². The molecule has 9 heteroatoms. The minimum atomic E-state index is -0.562. The Morgan fingerprint density at radius 3 is 2.66 bits per heavy atom. The summed E-state index contributed by atoms with van der Waals surface area (Å²) in [6, 6.07) is 8.04. The van der Waals surface area contributed by atoms with Crippen molar-refractivity contribution >= 4 is 23.4 Å². The van der Waals surface area contributed by atoms with Crippen molar-refractivity contribution in [1.82, 2.24) is 20.1 Å². The number of nitrogens with zero attached hydrogens (tertiary/aromatic N) is 4. The summed E-state index contributed by atoms with van der Waals surface area (Å²) in [5.74, 6) is 1.15. The SMILES string of the molecule is CCC1CN(c2ncc(CNC(N)=O)cc2Cl)CCN1C1CCN(Cc2ccc(O)cc2C)CC1. The van der Waals surface area contributed by atoms with E-state index in [2.05, 4.69) is 38.8 Å². The molecule has 3 heterocycles. The molecule has 1 unspecified atom stereocenters. The van der Waals surface area contributed by atoms with Gasteiger partial charge in [0, 0.05) is 51.0 Å². The zero-order valence-electron chi connectivity index (χ0n) is 20.7. The molecule has 4 N–H and O–H groups in total. The third-order valence-corrected chi connectivity index (χ3v) is 7.67. The van der Waals surface area contributed by atoms with Gasteiger partial charge in [-0.1, -0.05) is 24.6 Å². The number of anilines is 1. The van der Waals surface area contributed by atoms with Gasteiger partial charge in [0.1, 0.15) is 11.6 Å². The third-order valence-electron chi connectivity index (χ3n) is 7.39. The van der Waals surface area contributed by atoms with Crippen molar-refractivity contribution in [3.63, 3.8) is 0 Å². The molecular formula is C26H37ClN6O2. The Morgan fingerprint density at radius 2 is 2.00 bits per heavy atom. The van der Waals surface area contributed by atoms with Crippen LogP contribution in [0, 0.1) is 6.92 Å². The van der Waals surface area contributed by atoms with Gasteiger partial charge in [-0.15, -0.1) is 0 Å². The molecule has 0 saturated carbocycles. The van der Waals surface area contributed by atoms with Gasteiger partial charge in [0.15, 0.2) is 0 Å². The van der Waals surface area contributed by atoms with E-state index in [4.69, 9.17) is 17.3 Å². The summed E-state index contributed by atoms with van der Waals surface area (Å²) in [6.07, 6.45) is 5.19. The number of nitrogens with two attached hydrogens (primary N) is 1. The maximum Gasteiger partial charge on any atom is 0.312 e. The number of halogens is 1. The summed E-state index contributed by atoms with van der Waals surface area (Å²) in [5.41, 5.74) is 8.43. The largest absolute Gasteiger partial charge is 0.508 e. The zero-order valence-corrected chi connectivity index (χ0v) is 21.5. The number of likely N-dealkylation sites (tertiary alicyclic amines) is 1. The Labute approximate surface area is 213 Å². The van der Waals surface area contributed by atoms with Crippen LogP contribution in [0.5, 0.6) is 5.75 Å².